The van der Waals surface area contributed by atoms with Gasteiger partial charge in [0.05, 0.1) is 18.1 Å². The smallest absolute Gasteiger partial charge is 0.242 e. The second kappa shape index (κ2) is 5.29. The second-order valence-electron chi connectivity index (χ2n) is 5.27. The summed E-state index contributed by atoms with van der Waals surface area (Å²) in [4.78, 5) is 0. The Morgan fingerprint density at radius 3 is 2.62 bits per heavy atom. The Bertz CT molecular complexity index is 715. The molecule has 2 heterocycles. The minimum atomic E-state index is -3.58. The number of nitrogens with zero attached hydrogens (tertiary/aromatic N) is 1. The number of ether oxygens (including phenoxy) is 1. The SMILES string of the molecule is O=S(=O)(Cc1ccccc1)n1cccc1C1(O)CCOC1. The van der Waals surface area contributed by atoms with E-state index in [0.717, 1.165) is 0 Å². The fourth-order valence-electron chi connectivity index (χ4n) is 2.58. The van der Waals surface area contributed by atoms with Crippen molar-refractivity contribution >= 4 is 10.0 Å². The zero-order chi connectivity index (χ0) is 14.9. The third kappa shape index (κ3) is 2.74. The maximum Gasteiger partial charge on any atom is 0.242 e. The lowest BCUT2D eigenvalue weighted by Gasteiger charge is -2.22. The molecule has 2 aromatic rings. The first-order valence-electron chi connectivity index (χ1n) is 6.76. The predicted molar refractivity (Wildman–Crippen MR) is 78.2 cm³/mol. The summed E-state index contributed by atoms with van der Waals surface area (Å²) in [7, 11) is -3.58. The molecule has 0 amide bonds. The molecular weight excluding hydrogens is 290 g/mol. The molecule has 21 heavy (non-hydrogen) atoms. The van der Waals surface area contributed by atoms with Crippen molar-refractivity contribution in [2.24, 2.45) is 0 Å². The lowest BCUT2D eigenvalue weighted by Crippen LogP contribution is -2.31. The number of hydrogen-bond acceptors (Lipinski definition) is 4. The maximum atomic E-state index is 12.6. The summed E-state index contributed by atoms with van der Waals surface area (Å²) in [6, 6.07) is 12.3. The average molecular weight is 307 g/mol. The summed E-state index contributed by atoms with van der Waals surface area (Å²) in [6.07, 6.45) is 1.88. The molecule has 0 aliphatic carbocycles. The Kier molecular flexibility index (Phi) is 3.61. The lowest BCUT2D eigenvalue weighted by molar-refractivity contribution is 0.0188. The second-order valence-corrected chi connectivity index (χ2v) is 7.11. The van der Waals surface area contributed by atoms with Gasteiger partial charge in [-0.05, 0) is 17.7 Å². The van der Waals surface area contributed by atoms with Gasteiger partial charge >= 0.3 is 0 Å². The van der Waals surface area contributed by atoms with Crippen molar-refractivity contribution in [1.29, 1.82) is 0 Å². The van der Waals surface area contributed by atoms with E-state index >= 15 is 0 Å². The highest BCUT2D eigenvalue weighted by atomic mass is 32.2. The van der Waals surface area contributed by atoms with Gasteiger partial charge in [-0.15, -0.1) is 0 Å². The number of aliphatic hydroxyl groups is 1. The number of hydrogen-bond donors (Lipinski definition) is 1. The van der Waals surface area contributed by atoms with Crippen molar-refractivity contribution in [2.75, 3.05) is 13.2 Å². The molecule has 0 bridgehead atoms. The van der Waals surface area contributed by atoms with Crippen LogP contribution in [-0.2, 0) is 26.1 Å². The minimum absolute atomic E-state index is 0.105. The highest BCUT2D eigenvalue weighted by molar-refractivity contribution is 7.89. The average Bonchev–Trinajstić information content (AvgIpc) is 3.09. The summed E-state index contributed by atoms with van der Waals surface area (Å²) in [6.45, 7) is 0.554. The zero-order valence-corrected chi connectivity index (χ0v) is 12.3. The van der Waals surface area contributed by atoms with Gasteiger partial charge in [0.2, 0.25) is 10.0 Å². The normalized spacial score (nSPS) is 22.5. The van der Waals surface area contributed by atoms with E-state index < -0.39 is 15.6 Å². The molecule has 6 heteroatoms. The summed E-state index contributed by atoms with van der Waals surface area (Å²) in [5.41, 5.74) is -0.143. The van der Waals surface area contributed by atoms with Crippen LogP contribution in [0.25, 0.3) is 0 Å². The van der Waals surface area contributed by atoms with Crippen LogP contribution >= 0.6 is 0 Å². The van der Waals surface area contributed by atoms with Crippen molar-refractivity contribution in [3.63, 3.8) is 0 Å². The minimum Gasteiger partial charge on any atom is -0.381 e. The summed E-state index contributed by atoms with van der Waals surface area (Å²) < 4.78 is 31.6. The fraction of sp³-hybridized carbons (Fsp3) is 0.333. The van der Waals surface area contributed by atoms with Crippen LogP contribution in [0.1, 0.15) is 17.7 Å². The molecule has 1 unspecified atom stereocenters. The maximum absolute atomic E-state index is 12.6. The molecule has 3 rings (SSSR count). The van der Waals surface area contributed by atoms with E-state index in [1.54, 1.807) is 36.4 Å². The van der Waals surface area contributed by atoms with E-state index in [1.165, 1.54) is 10.2 Å². The molecule has 1 N–H and O–H groups in total. The number of rotatable bonds is 4. The van der Waals surface area contributed by atoms with Crippen LogP contribution in [0.3, 0.4) is 0 Å². The van der Waals surface area contributed by atoms with Crippen LogP contribution in [0.15, 0.2) is 48.7 Å². The van der Waals surface area contributed by atoms with Crippen molar-refractivity contribution in [3.8, 4) is 0 Å². The van der Waals surface area contributed by atoms with Crippen molar-refractivity contribution in [3.05, 3.63) is 59.9 Å². The van der Waals surface area contributed by atoms with Gasteiger partial charge in [0.25, 0.3) is 0 Å². The molecule has 0 saturated carbocycles. The molecular formula is C15H17NO4S. The quantitative estimate of drug-likeness (QED) is 0.929. The van der Waals surface area contributed by atoms with Gasteiger partial charge in [-0.3, -0.25) is 0 Å². The van der Waals surface area contributed by atoms with Crippen LogP contribution in [-0.4, -0.2) is 30.7 Å². The molecule has 1 fully saturated rings. The van der Waals surface area contributed by atoms with Crippen molar-refractivity contribution < 1.29 is 18.3 Å². The highest BCUT2D eigenvalue weighted by Crippen LogP contribution is 2.31. The molecule has 1 aromatic heterocycles. The van der Waals surface area contributed by atoms with E-state index in [2.05, 4.69) is 0 Å². The van der Waals surface area contributed by atoms with Gasteiger partial charge in [0.15, 0.2) is 0 Å². The Morgan fingerprint density at radius 2 is 1.95 bits per heavy atom. The molecule has 1 aliphatic heterocycles. The molecule has 112 valence electrons. The standard InChI is InChI=1S/C15H17NO4S/c17-15(8-10-20-12-15)14-7-4-9-16(14)21(18,19)11-13-5-2-1-3-6-13/h1-7,9,17H,8,10-12H2. The first-order chi connectivity index (χ1) is 10.0. The lowest BCUT2D eigenvalue weighted by atomic mass is 10.00. The van der Waals surface area contributed by atoms with E-state index in [1.807, 2.05) is 6.07 Å². The fourth-order valence-corrected chi connectivity index (χ4v) is 4.12. The summed E-state index contributed by atoms with van der Waals surface area (Å²) >= 11 is 0. The van der Waals surface area contributed by atoms with E-state index in [-0.39, 0.29) is 12.4 Å². The predicted octanol–water partition coefficient (Wildman–Crippen LogP) is 1.47. The topological polar surface area (TPSA) is 68.5 Å². The van der Waals surface area contributed by atoms with E-state index in [0.29, 0.717) is 24.3 Å². The van der Waals surface area contributed by atoms with Crippen LogP contribution in [0.2, 0.25) is 0 Å². The first-order valence-corrected chi connectivity index (χ1v) is 8.37. The van der Waals surface area contributed by atoms with Crippen LogP contribution in [0.4, 0.5) is 0 Å². The van der Waals surface area contributed by atoms with E-state index in [4.69, 9.17) is 4.74 Å². The van der Waals surface area contributed by atoms with Gasteiger partial charge in [-0.25, -0.2) is 12.4 Å². The zero-order valence-electron chi connectivity index (χ0n) is 11.5. The number of aromatic nitrogens is 1. The Balaban J connectivity index is 1.95. The summed E-state index contributed by atoms with van der Waals surface area (Å²) in [5, 5.41) is 10.6. The van der Waals surface area contributed by atoms with Gasteiger partial charge in [-0.2, -0.15) is 0 Å². The van der Waals surface area contributed by atoms with Gasteiger partial charge in [-0.1, -0.05) is 30.3 Å². The summed E-state index contributed by atoms with van der Waals surface area (Å²) in [5.74, 6) is -0.105. The molecule has 0 spiro atoms. The largest absolute Gasteiger partial charge is 0.381 e. The van der Waals surface area contributed by atoms with Crippen LogP contribution < -0.4 is 0 Å². The third-order valence-corrected chi connectivity index (χ3v) is 5.30. The first kappa shape index (κ1) is 14.3. The highest BCUT2D eigenvalue weighted by Gasteiger charge is 2.38. The van der Waals surface area contributed by atoms with Gasteiger partial charge in [0, 0.05) is 19.2 Å². The molecule has 1 atom stereocenters. The number of benzene rings is 1. The monoisotopic (exact) mass is 307 g/mol. The molecule has 0 radical (unpaired) electrons. The Morgan fingerprint density at radius 1 is 1.19 bits per heavy atom. The van der Waals surface area contributed by atoms with Gasteiger partial charge < -0.3 is 9.84 Å². The molecule has 1 aliphatic rings. The molecule has 1 aromatic carbocycles. The third-order valence-electron chi connectivity index (χ3n) is 3.68. The van der Waals surface area contributed by atoms with Gasteiger partial charge in [0.1, 0.15) is 5.60 Å². The van der Waals surface area contributed by atoms with Crippen molar-refractivity contribution in [2.45, 2.75) is 17.8 Å². The Hall–Kier alpha value is -1.63. The van der Waals surface area contributed by atoms with E-state index in [9.17, 15) is 13.5 Å². The van der Waals surface area contributed by atoms with Crippen molar-refractivity contribution in [1.82, 2.24) is 3.97 Å². The molecule has 1 saturated heterocycles. The molecule has 5 nitrogen and oxygen atoms in total. The van der Waals surface area contributed by atoms with Crippen LogP contribution in [0.5, 0.6) is 0 Å². The Labute approximate surface area is 123 Å². The van der Waals surface area contributed by atoms with Crippen LogP contribution in [0, 0.1) is 0 Å².